The van der Waals surface area contributed by atoms with E-state index in [-0.39, 0.29) is 6.10 Å². The predicted molar refractivity (Wildman–Crippen MR) is 82.3 cm³/mol. The quantitative estimate of drug-likeness (QED) is 0.735. The van der Waals surface area contributed by atoms with Gasteiger partial charge in [-0.05, 0) is 45.9 Å². The van der Waals surface area contributed by atoms with Crippen LogP contribution in [0.1, 0.15) is 37.2 Å². The topological polar surface area (TPSA) is 73.9 Å². The number of ether oxygens (including phenoxy) is 1. The van der Waals surface area contributed by atoms with Crippen LogP contribution in [-0.4, -0.2) is 26.7 Å². The molecule has 6 heteroatoms. The average Bonchev–Trinajstić information content (AvgIpc) is 2.98. The van der Waals surface area contributed by atoms with Crippen LogP contribution in [0.4, 0.5) is 0 Å². The Labute approximate surface area is 128 Å². The Morgan fingerprint density at radius 3 is 2.55 bits per heavy atom. The molecule has 6 nitrogen and oxygen atoms in total. The van der Waals surface area contributed by atoms with Crippen LogP contribution in [0, 0.1) is 13.8 Å². The molecule has 0 radical (unpaired) electrons. The summed E-state index contributed by atoms with van der Waals surface area (Å²) in [5.74, 6) is 1.01. The zero-order valence-electron chi connectivity index (χ0n) is 13.1. The maximum Gasteiger partial charge on any atom is 0.258 e. The molecule has 0 aliphatic carbocycles. The van der Waals surface area contributed by atoms with Crippen LogP contribution >= 0.6 is 0 Å². The number of fused-ring (bicyclic) bond motifs is 1. The van der Waals surface area contributed by atoms with E-state index in [0.717, 1.165) is 28.0 Å². The summed E-state index contributed by atoms with van der Waals surface area (Å²) in [4.78, 5) is 13.5. The molecule has 0 N–H and O–H groups in total. The van der Waals surface area contributed by atoms with Gasteiger partial charge in [-0.3, -0.25) is 0 Å². The van der Waals surface area contributed by atoms with Crippen molar-refractivity contribution in [2.75, 3.05) is 6.61 Å². The first-order valence-electron chi connectivity index (χ1n) is 7.29. The summed E-state index contributed by atoms with van der Waals surface area (Å²) in [6, 6.07) is 5.74. The van der Waals surface area contributed by atoms with Crippen molar-refractivity contribution < 1.29 is 9.26 Å². The summed E-state index contributed by atoms with van der Waals surface area (Å²) >= 11 is 0. The van der Waals surface area contributed by atoms with E-state index in [1.165, 1.54) is 0 Å². The molecule has 3 aromatic rings. The summed E-state index contributed by atoms with van der Waals surface area (Å²) in [7, 11) is 0. The summed E-state index contributed by atoms with van der Waals surface area (Å²) in [6.07, 6.45) is -0.187. The van der Waals surface area contributed by atoms with Crippen LogP contribution in [-0.2, 0) is 4.74 Å². The SMILES string of the molecule is CCO[C@@H](C)c1noc(-c2ccc3nc(C)c(C)nc3c2)n1. The third-order valence-corrected chi connectivity index (χ3v) is 3.54. The average molecular weight is 298 g/mol. The van der Waals surface area contributed by atoms with Gasteiger partial charge in [0.15, 0.2) is 0 Å². The minimum atomic E-state index is -0.187. The molecule has 0 aliphatic heterocycles. The van der Waals surface area contributed by atoms with Crippen molar-refractivity contribution in [3.63, 3.8) is 0 Å². The highest BCUT2D eigenvalue weighted by atomic mass is 16.5. The van der Waals surface area contributed by atoms with E-state index in [0.29, 0.717) is 18.3 Å². The molecule has 114 valence electrons. The van der Waals surface area contributed by atoms with E-state index in [1.807, 2.05) is 45.9 Å². The van der Waals surface area contributed by atoms with Crippen molar-refractivity contribution in [1.29, 1.82) is 0 Å². The van der Waals surface area contributed by atoms with Crippen molar-refractivity contribution in [3.05, 3.63) is 35.4 Å². The van der Waals surface area contributed by atoms with Crippen molar-refractivity contribution >= 4 is 11.0 Å². The monoisotopic (exact) mass is 298 g/mol. The van der Waals surface area contributed by atoms with Crippen LogP contribution in [0.3, 0.4) is 0 Å². The van der Waals surface area contributed by atoms with E-state index in [9.17, 15) is 0 Å². The van der Waals surface area contributed by atoms with Gasteiger partial charge in [-0.2, -0.15) is 4.98 Å². The minimum Gasteiger partial charge on any atom is -0.371 e. The number of nitrogens with zero attached hydrogens (tertiary/aromatic N) is 4. The Hall–Kier alpha value is -2.34. The van der Waals surface area contributed by atoms with E-state index >= 15 is 0 Å². The molecule has 22 heavy (non-hydrogen) atoms. The highest BCUT2D eigenvalue weighted by Crippen LogP contribution is 2.24. The molecule has 0 amide bonds. The zero-order chi connectivity index (χ0) is 15.7. The van der Waals surface area contributed by atoms with Gasteiger partial charge < -0.3 is 9.26 Å². The molecular formula is C16H18N4O2. The van der Waals surface area contributed by atoms with Crippen molar-refractivity contribution in [2.45, 2.75) is 33.8 Å². The number of aromatic nitrogens is 4. The number of hydrogen-bond acceptors (Lipinski definition) is 6. The lowest BCUT2D eigenvalue weighted by molar-refractivity contribution is 0.0683. The molecule has 3 rings (SSSR count). The van der Waals surface area contributed by atoms with Gasteiger partial charge in [-0.25, -0.2) is 9.97 Å². The van der Waals surface area contributed by atoms with E-state index in [4.69, 9.17) is 9.26 Å². The molecule has 2 heterocycles. The fourth-order valence-corrected chi connectivity index (χ4v) is 2.21. The Kier molecular flexibility index (Phi) is 3.85. The largest absolute Gasteiger partial charge is 0.371 e. The lowest BCUT2D eigenvalue weighted by Crippen LogP contribution is -2.01. The second-order valence-electron chi connectivity index (χ2n) is 5.15. The maximum absolute atomic E-state index is 5.47. The van der Waals surface area contributed by atoms with E-state index in [2.05, 4.69) is 20.1 Å². The molecule has 2 aromatic heterocycles. The molecule has 1 atom stereocenters. The fraction of sp³-hybridized carbons (Fsp3) is 0.375. The molecule has 0 unspecified atom stereocenters. The molecular weight excluding hydrogens is 280 g/mol. The van der Waals surface area contributed by atoms with E-state index in [1.54, 1.807) is 0 Å². The number of aryl methyl sites for hydroxylation is 2. The van der Waals surface area contributed by atoms with Gasteiger partial charge in [0, 0.05) is 12.2 Å². The van der Waals surface area contributed by atoms with Crippen LogP contribution in [0.2, 0.25) is 0 Å². The van der Waals surface area contributed by atoms with Gasteiger partial charge >= 0.3 is 0 Å². The van der Waals surface area contributed by atoms with Crippen molar-refractivity contribution in [1.82, 2.24) is 20.1 Å². The maximum atomic E-state index is 5.47. The normalized spacial score (nSPS) is 12.7. The Bertz CT molecular complexity index is 813. The first-order valence-corrected chi connectivity index (χ1v) is 7.29. The van der Waals surface area contributed by atoms with Gasteiger partial charge in [0.1, 0.15) is 6.10 Å². The zero-order valence-corrected chi connectivity index (χ0v) is 13.1. The van der Waals surface area contributed by atoms with Crippen LogP contribution in [0.25, 0.3) is 22.5 Å². The molecule has 0 bridgehead atoms. The molecule has 0 fully saturated rings. The van der Waals surface area contributed by atoms with E-state index < -0.39 is 0 Å². The Morgan fingerprint density at radius 1 is 1.09 bits per heavy atom. The second kappa shape index (κ2) is 5.81. The number of hydrogen-bond donors (Lipinski definition) is 0. The predicted octanol–water partition coefficient (Wildman–Crippen LogP) is 3.39. The summed E-state index contributed by atoms with van der Waals surface area (Å²) in [5, 5.41) is 3.98. The summed E-state index contributed by atoms with van der Waals surface area (Å²) < 4.78 is 10.8. The van der Waals surface area contributed by atoms with Gasteiger partial charge in [0.05, 0.1) is 22.4 Å². The highest BCUT2D eigenvalue weighted by Gasteiger charge is 2.15. The third-order valence-electron chi connectivity index (χ3n) is 3.54. The smallest absolute Gasteiger partial charge is 0.258 e. The number of rotatable bonds is 4. The highest BCUT2D eigenvalue weighted by molar-refractivity contribution is 5.79. The molecule has 0 aliphatic rings. The first-order chi connectivity index (χ1) is 10.6. The van der Waals surface area contributed by atoms with Crippen molar-refractivity contribution in [3.8, 4) is 11.5 Å². The molecule has 0 saturated heterocycles. The van der Waals surface area contributed by atoms with Crippen LogP contribution < -0.4 is 0 Å². The number of benzene rings is 1. The Morgan fingerprint density at radius 2 is 1.82 bits per heavy atom. The third kappa shape index (κ3) is 2.69. The first kappa shape index (κ1) is 14.6. The lowest BCUT2D eigenvalue weighted by Gasteiger charge is -2.05. The molecule has 1 aromatic carbocycles. The molecule has 0 saturated carbocycles. The van der Waals surface area contributed by atoms with Crippen LogP contribution in [0.15, 0.2) is 22.7 Å². The van der Waals surface area contributed by atoms with Gasteiger partial charge in [-0.15, -0.1) is 0 Å². The standard InChI is InChI=1S/C16H18N4O2/c1-5-21-11(4)15-19-16(22-20-15)12-6-7-13-14(8-12)18-10(3)9(2)17-13/h6-8,11H,5H2,1-4H3/t11-/m0/s1. The molecule has 0 spiro atoms. The summed E-state index contributed by atoms with van der Waals surface area (Å²) in [5.41, 5.74) is 4.35. The Balaban J connectivity index is 1.98. The lowest BCUT2D eigenvalue weighted by atomic mass is 10.2. The van der Waals surface area contributed by atoms with Crippen LogP contribution in [0.5, 0.6) is 0 Å². The van der Waals surface area contributed by atoms with Gasteiger partial charge in [0.25, 0.3) is 5.89 Å². The van der Waals surface area contributed by atoms with Crippen molar-refractivity contribution in [2.24, 2.45) is 0 Å². The summed E-state index contributed by atoms with van der Waals surface area (Å²) in [6.45, 7) is 8.34. The van der Waals surface area contributed by atoms with Gasteiger partial charge in [0.2, 0.25) is 5.82 Å². The second-order valence-corrected chi connectivity index (χ2v) is 5.15. The minimum absolute atomic E-state index is 0.187. The fourth-order valence-electron chi connectivity index (χ4n) is 2.21. The van der Waals surface area contributed by atoms with Gasteiger partial charge in [-0.1, -0.05) is 5.16 Å².